The van der Waals surface area contributed by atoms with Crippen LogP contribution in [-0.4, -0.2) is 28.8 Å². The van der Waals surface area contributed by atoms with Gasteiger partial charge in [-0.25, -0.2) is 0 Å². The van der Waals surface area contributed by atoms with Crippen molar-refractivity contribution in [3.8, 4) is 0 Å². The van der Waals surface area contributed by atoms with Gasteiger partial charge in [-0.1, -0.05) is 36.6 Å². The van der Waals surface area contributed by atoms with Gasteiger partial charge in [-0.15, -0.1) is 0 Å². The number of carbonyl (C=O) groups excluding carboxylic acids is 1. The summed E-state index contributed by atoms with van der Waals surface area (Å²) in [7, 11) is 0. The number of aliphatic imine (C=N–C) groups is 1. The van der Waals surface area contributed by atoms with Crippen molar-refractivity contribution in [1.82, 2.24) is 5.32 Å². The van der Waals surface area contributed by atoms with E-state index in [0.29, 0.717) is 35.3 Å². The lowest BCUT2D eigenvalue weighted by Crippen LogP contribution is -2.39. The van der Waals surface area contributed by atoms with E-state index in [9.17, 15) is 9.90 Å². The van der Waals surface area contributed by atoms with Crippen molar-refractivity contribution in [3.63, 3.8) is 0 Å². The lowest BCUT2D eigenvalue weighted by atomic mass is 9.82. The van der Waals surface area contributed by atoms with Crippen molar-refractivity contribution in [1.29, 1.82) is 0 Å². The van der Waals surface area contributed by atoms with Crippen LogP contribution in [0.3, 0.4) is 0 Å². The molecule has 1 fully saturated rings. The van der Waals surface area contributed by atoms with Crippen molar-refractivity contribution < 1.29 is 9.90 Å². The number of amidine groups is 1. The number of carbonyl (C=O) groups is 1. The lowest BCUT2D eigenvalue weighted by molar-refractivity contribution is -0.116. The van der Waals surface area contributed by atoms with E-state index >= 15 is 0 Å². The van der Waals surface area contributed by atoms with Crippen LogP contribution in [-0.2, 0) is 4.79 Å². The predicted molar refractivity (Wildman–Crippen MR) is 94.7 cm³/mol. The smallest absolute Gasteiger partial charge is 0.170 e. The van der Waals surface area contributed by atoms with E-state index in [1.807, 2.05) is 24.3 Å². The highest BCUT2D eigenvalue weighted by Gasteiger charge is 2.37. The first-order valence-corrected chi connectivity index (χ1v) is 9.05. The van der Waals surface area contributed by atoms with Gasteiger partial charge >= 0.3 is 0 Å². The molecule has 4 nitrogen and oxygen atoms in total. The summed E-state index contributed by atoms with van der Waals surface area (Å²) in [5, 5.41) is 14.6. The minimum atomic E-state index is -0.0244. The number of nitrogens with one attached hydrogen (secondary N) is 1. The Morgan fingerprint density at radius 2 is 1.88 bits per heavy atom. The minimum absolute atomic E-state index is 0.00259. The fourth-order valence-electron chi connectivity index (χ4n) is 4.08. The maximum atomic E-state index is 12.7. The molecule has 2 N–H and O–H groups in total. The van der Waals surface area contributed by atoms with Crippen molar-refractivity contribution in [2.45, 2.75) is 56.5 Å². The molecule has 1 aromatic rings. The Labute approximate surface area is 146 Å². The molecule has 0 aromatic heterocycles. The molecule has 3 atom stereocenters. The number of aliphatic hydroxyl groups is 1. The maximum absolute atomic E-state index is 12.7. The number of fused-ring (bicyclic) bond motifs is 1. The molecule has 1 aliphatic heterocycles. The average Bonchev–Trinajstić information content (AvgIpc) is 2.98. The van der Waals surface area contributed by atoms with Crippen LogP contribution in [0.25, 0.3) is 0 Å². The number of hydrogen-bond acceptors (Lipinski definition) is 4. The van der Waals surface area contributed by atoms with Crippen LogP contribution in [0.1, 0.15) is 50.0 Å². The van der Waals surface area contributed by atoms with Crippen LogP contribution < -0.4 is 5.32 Å². The molecule has 0 bridgehead atoms. The van der Waals surface area contributed by atoms with E-state index in [4.69, 9.17) is 16.6 Å². The molecule has 0 spiro atoms. The van der Waals surface area contributed by atoms with Gasteiger partial charge in [0, 0.05) is 23.9 Å². The SMILES string of the molecule is O=C1CC(c2ccc(Cl)cc2)CC(O)=C1C1=N[C@@H]2CCCC[C@H]2N1. The summed E-state index contributed by atoms with van der Waals surface area (Å²) in [6, 6.07) is 8.10. The van der Waals surface area contributed by atoms with Crippen LogP contribution in [0.4, 0.5) is 0 Å². The Bertz CT molecular complexity index is 723. The number of Topliss-reactive ketones (excluding diaryl/α,β-unsaturated/α-hetero) is 1. The van der Waals surface area contributed by atoms with Crippen LogP contribution in [0.2, 0.25) is 5.02 Å². The Kier molecular flexibility index (Phi) is 4.09. The lowest BCUT2D eigenvalue weighted by Gasteiger charge is -2.25. The van der Waals surface area contributed by atoms with Gasteiger partial charge in [-0.05, 0) is 36.5 Å². The third-order valence-corrected chi connectivity index (χ3v) is 5.62. The summed E-state index contributed by atoms with van der Waals surface area (Å²) in [5.41, 5.74) is 1.45. The number of rotatable bonds is 2. The molecular formula is C19H21ClN2O2. The van der Waals surface area contributed by atoms with Gasteiger partial charge in [0.15, 0.2) is 5.78 Å². The van der Waals surface area contributed by atoms with Gasteiger partial charge < -0.3 is 10.4 Å². The van der Waals surface area contributed by atoms with E-state index < -0.39 is 0 Å². The molecule has 0 saturated heterocycles. The number of hydrogen-bond donors (Lipinski definition) is 2. The Morgan fingerprint density at radius 3 is 2.58 bits per heavy atom. The van der Waals surface area contributed by atoms with E-state index in [1.54, 1.807) is 0 Å². The Hall–Kier alpha value is -1.81. The summed E-state index contributed by atoms with van der Waals surface area (Å²) >= 11 is 5.93. The molecule has 1 saturated carbocycles. The first kappa shape index (κ1) is 15.7. The number of ketones is 1. The summed E-state index contributed by atoms with van der Waals surface area (Å²) in [5.74, 6) is 0.756. The maximum Gasteiger partial charge on any atom is 0.170 e. The van der Waals surface area contributed by atoms with Crippen molar-refractivity contribution in [3.05, 3.63) is 46.2 Å². The second-order valence-electron chi connectivity index (χ2n) is 6.98. The highest BCUT2D eigenvalue weighted by molar-refractivity contribution is 6.30. The summed E-state index contributed by atoms with van der Waals surface area (Å²) in [6.07, 6.45) is 5.42. The topological polar surface area (TPSA) is 61.7 Å². The number of halogens is 1. The minimum Gasteiger partial charge on any atom is -0.511 e. The number of nitrogens with zero attached hydrogens (tertiary/aromatic N) is 1. The van der Waals surface area contributed by atoms with Crippen LogP contribution in [0, 0.1) is 0 Å². The largest absolute Gasteiger partial charge is 0.511 e. The molecular weight excluding hydrogens is 324 g/mol. The molecule has 4 rings (SSSR count). The van der Waals surface area contributed by atoms with Gasteiger partial charge in [0.1, 0.15) is 11.6 Å². The second-order valence-corrected chi connectivity index (χ2v) is 7.42. The van der Waals surface area contributed by atoms with Crippen LogP contribution in [0.5, 0.6) is 0 Å². The first-order valence-electron chi connectivity index (χ1n) is 8.67. The predicted octanol–water partition coefficient (Wildman–Crippen LogP) is 3.91. The van der Waals surface area contributed by atoms with Gasteiger partial charge in [0.2, 0.25) is 0 Å². The third-order valence-electron chi connectivity index (χ3n) is 5.36. The second kappa shape index (κ2) is 6.25. The highest BCUT2D eigenvalue weighted by atomic mass is 35.5. The normalized spacial score (nSPS) is 30.0. The molecule has 24 heavy (non-hydrogen) atoms. The van der Waals surface area contributed by atoms with Gasteiger partial charge in [-0.2, -0.15) is 0 Å². The van der Waals surface area contributed by atoms with Gasteiger partial charge in [0.05, 0.1) is 11.6 Å². The summed E-state index contributed by atoms with van der Waals surface area (Å²) in [6.45, 7) is 0. The molecule has 126 valence electrons. The monoisotopic (exact) mass is 344 g/mol. The van der Waals surface area contributed by atoms with E-state index in [-0.39, 0.29) is 23.5 Å². The van der Waals surface area contributed by atoms with E-state index in [1.165, 1.54) is 12.8 Å². The summed E-state index contributed by atoms with van der Waals surface area (Å²) < 4.78 is 0. The average molecular weight is 345 g/mol. The Balaban J connectivity index is 1.57. The molecule has 0 radical (unpaired) electrons. The van der Waals surface area contributed by atoms with Crippen molar-refractivity contribution >= 4 is 23.2 Å². The van der Waals surface area contributed by atoms with E-state index in [0.717, 1.165) is 18.4 Å². The van der Waals surface area contributed by atoms with Gasteiger partial charge in [0.25, 0.3) is 0 Å². The van der Waals surface area contributed by atoms with Crippen LogP contribution in [0.15, 0.2) is 40.6 Å². The number of aliphatic hydroxyl groups excluding tert-OH is 1. The quantitative estimate of drug-likeness (QED) is 0.855. The first-order chi connectivity index (χ1) is 11.6. The molecule has 1 aromatic carbocycles. The van der Waals surface area contributed by atoms with E-state index in [2.05, 4.69) is 5.32 Å². The van der Waals surface area contributed by atoms with Crippen molar-refractivity contribution in [2.75, 3.05) is 0 Å². The summed E-state index contributed by atoms with van der Waals surface area (Å²) in [4.78, 5) is 17.4. The number of allylic oxidation sites excluding steroid dienone is 1. The van der Waals surface area contributed by atoms with Crippen molar-refractivity contribution in [2.24, 2.45) is 4.99 Å². The van der Waals surface area contributed by atoms with Gasteiger partial charge in [-0.3, -0.25) is 9.79 Å². The zero-order valence-electron chi connectivity index (χ0n) is 13.5. The molecule has 3 aliphatic rings. The zero-order valence-corrected chi connectivity index (χ0v) is 14.2. The molecule has 5 heteroatoms. The zero-order chi connectivity index (χ0) is 16.7. The molecule has 2 aliphatic carbocycles. The molecule has 1 unspecified atom stereocenters. The standard InChI is InChI=1S/C19H21ClN2O2/c20-13-7-5-11(6-8-13)12-9-16(23)18(17(24)10-12)19-21-14-3-1-2-4-15(14)22-19/h5-8,12,14-15,23H,1-4,9-10H2,(H,21,22)/t12?,14-,15-/m1/s1. The fraction of sp³-hybridized carbons (Fsp3) is 0.474. The van der Waals surface area contributed by atoms with Crippen LogP contribution >= 0.6 is 11.6 Å². The highest BCUT2D eigenvalue weighted by Crippen LogP contribution is 2.36. The molecule has 1 heterocycles. The third kappa shape index (κ3) is 2.84. The molecule has 0 amide bonds. The Morgan fingerprint density at radius 1 is 1.12 bits per heavy atom. The fourth-order valence-corrected chi connectivity index (χ4v) is 4.21. The number of benzene rings is 1.